The number of H-pyrrole nitrogens is 1. The molecule has 5 heteroatoms. The molecule has 0 spiro atoms. The molecule has 0 unspecified atom stereocenters. The molecule has 0 atom stereocenters. The van der Waals surface area contributed by atoms with E-state index >= 15 is 0 Å². The maximum Gasteiger partial charge on any atom is 0.345 e. The molecule has 1 N–H and O–H groups in total. The van der Waals surface area contributed by atoms with E-state index in [1.165, 1.54) is 7.11 Å². The van der Waals surface area contributed by atoms with Gasteiger partial charge in [0.1, 0.15) is 5.56 Å². The van der Waals surface area contributed by atoms with E-state index in [2.05, 4.69) is 14.9 Å². The van der Waals surface area contributed by atoms with Gasteiger partial charge in [0.15, 0.2) is 0 Å². The second kappa shape index (κ2) is 4.55. The first-order valence-electron chi connectivity index (χ1n) is 5.11. The van der Waals surface area contributed by atoms with Crippen molar-refractivity contribution in [1.82, 2.24) is 10.2 Å². The number of aromatic nitrogens is 2. The average molecular weight is 226 g/mol. The predicted octanol–water partition coefficient (Wildman–Crippen LogP) is 1.93. The minimum Gasteiger partial charge on any atom is -0.477 e. The van der Waals surface area contributed by atoms with Gasteiger partial charge in [-0.15, -0.1) is 0 Å². The monoisotopic (exact) mass is 226 g/mol. The summed E-state index contributed by atoms with van der Waals surface area (Å²) in [5.74, 6) is -0.0607. The molecule has 0 aromatic carbocycles. The fourth-order valence-electron chi connectivity index (χ4n) is 1.15. The maximum absolute atomic E-state index is 11.5. The van der Waals surface area contributed by atoms with Crippen molar-refractivity contribution in [2.45, 2.75) is 27.7 Å². The van der Waals surface area contributed by atoms with Crippen LogP contribution in [0.25, 0.3) is 0 Å². The second-order valence-corrected chi connectivity index (χ2v) is 4.85. The van der Waals surface area contributed by atoms with Gasteiger partial charge in [0.05, 0.1) is 19.4 Å². The van der Waals surface area contributed by atoms with Crippen LogP contribution < -0.4 is 4.74 Å². The number of aryl methyl sites for hydroxylation is 1. The molecule has 1 rings (SSSR count). The van der Waals surface area contributed by atoms with Crippen LogP contribution in [0.15, 0.2) is 0 Å². The van der Waals surface area contributed by atoms with Crippen molar-refractivity contribution in [3.8, 4) is 5.88 Å². The van der Waals surface area contributed by atoms with Crippen LogP contribution in [0.3, 0.4) is 0 Å². The highest BCUT2D eigenvalue weighted by Crippen LogP contribution is 2.22. The van der Waals surface area contributed by atoms with Gasteiger partial charge in [-0.25, -0.2) is 9.89 Å². The van der Waals surface area contributed by atoms with E-state index in [4.69, 9.17) is 4.74 Å². The van der Waals surface area contributed by atoms with Gasteiger partial charge in [0, 0.05) is 0 Å². The third-order valence-corrected chi connectivity index (χ3v) is 1.95. The molecular formula is C11H18N2O3. The fourth-order valence-corrected chi connectivity index (χ4v) is 1.15. The Labute approximate surface area is 95.1 Å². The number of rotatable bonds is 3. The van der Waals surface area contributed by atoms with E-state index in [1.54, 1.807) is 6.92 Å². The molecule has 1 heterocycles. The first-order valence-corrected chi connectivity index (χ1v) is 5.11. The fraction of sp³-hybridized carbons (Fsp3) is 0.636. The van der Waals surface area contributed by atoms with Crippen LogP contribution >= 0.6 is 0 Å². The van der Waals surface area contributed by atoms with Crippen LogP contribution in [0.1, 0.15) is 36.8 Å². The van der Waals surface area contributed by atoms with Gasteiger partial charge >= 0.3 is 5.97 Å². The summed E-state index contributed by atoms with van der Waals surface area (Å²) in [5, 5.41) is 6.62. The second-order valence-electron chi connectivity index (χ2n) is 4.85. The molecule has 0 fully saturated rings. The molecule has 0 radical (unpaired) electrons. The average Bonchev–Trinajstić information content (AvgIpc) is 2.54. The Morgan fingerprint density at radius 3 is 2.56 bits per heavy atom. The third kappa shape index (κ3) is 2.98. The zero-order valence-electron chi connectivity index (χ0n) is 10.4. The Hall–Kier alpha value is -1.52. The lowest BCUT2D eigenvalue weighted by Gasteiger charge is -2.18. The SMILES string of the molecule is COC(=O)c1c(C)n[nH]c1OCC(C)(C)C. The molecule has 90 valence electrons. The maximum atomic E-state index is 11.5. The lowest BCUT2D eigenvalue weighted by Crippen LogP contribution is -2.18. The highest BCUT2D eigenvalue weighted by molar-refractivity contribution is 5.93. The Morgan fingerprint density at radius 1 is 1.44 bits per heavy atom. The number of carbonyl (C=O) groups excluding carboxylic acids is 1. The molecule has 0 aliphatic rings. The molecule has 0 saturated heterocycles. The quantitative estimate of drug-likeness (QED) is 0.800. The number of methoxy groups -OCH3 is 1. The highest BCUT2D eigenvalue weighted by Gasteiger charge is 2.21. The summed E-state index contributed by atoms with van der Waals surface area (Å²) in [6.45, 7) is 8.38. The number of aromatic amines is 1. The van der Waals surface area contributed by atoms with Crippen LogP contribution in [0.5, 0.6) is 5.88 Å². The van der Waals surface area contributed by atoms with Crippen LogP contribution in [-0.4, -0.2) is 29.9 Å². The molecule has 0 amide bonds. The Morgan fingerprint density at radius 2 is 2.06 bits per heavy atom. The molecule has 5 nitrogen and oxygen atoms in total. The van der Waals surface area contributed by atoms with Gasteiger partial charge in [-0.1, -0.05) is 20.8 Å². The third-order valence-electron chi connectivity index (χ3n) is 1.95. The van der Waals surface area contributed by atoms with E-state index in [0.717, 1.165) is 0 Å². The molecule has 0 bridgehead atoms. The minimum atomic E-state index is -0.435. The highest BCUT2D eigenvalue weighted by atomic mass is 16.5. The summed E-state index contributed by atoms with van der Waals surface area (Å²) < 4.78 is 10.2. The van der Waals surface area contributed by atoms with E-state index in [9.17, 15) is 4.79 Å². The standard InChI is InChI=1S/C11H18N2O3/c1-7-8(10(14)15-5)9(13-12-7)16-6-11(2,3)4/h6H2,1-5H3,(H,12,13). The van der Waals surface area contributed by atoms with Crippen LogP contribution in [-0.2, 0) is 4.74 Å². The number of nitrogens with one attached hydrogen (secondary N) is 1. The lowest BCUT2D eigenvalue weighted by atomic mass is 9.99. The Bertz CT molecular complexity index is 377. The van der Waals surface area contributed by atoms with Gasteiger partial charge in [-0.3, -0.25) is 0 Å². The van der Waals surface area contributed by atoms with Crippen molar-refractivity contribution in [3.63, 3.8) is 0 Å². The first-order chi connectivity index (χ1) is 7.35. The van der Waals surface area contributed by atoms with Crippen LogP contribution in [0.2, 0.25) is 0 Å². The summed E-state index contributed by atoms with van der Waals surface area (Å²) in [6, 6.07) is 0. The minimum absolute atomic E-state index is 0.0202. The topological polar surface area (TPSA) is 64.2 Å². The Kier molecular flexibility index (Phi) is 3.57. The van der Waals surface area contributed by atoms with Crippen LogP contribution in [0, 0.1) is 12.3 Å². The number of carbonyl (C=O) groups is 1. The van der Waals surface area contributed by atoms with Crippen molar-refractivity contribution in [3.05, 3.63) is 11.3 Å². The van der Waals surface area contributed by atoms with Gasteiger partial charge in [-0.2, -0.15) is 5.10 Å². The van der Waals surface area contributed by atoms with Gasteiger partial charge in [-0.05, 0) is 12.3 Å². The smallest absolute Gasteiger partial charge is 0.345 e. The number of nitrogens with zero attached hydrogens (tertiary/aromatic N) is 1. The zero-order chi connectivity index (χ0) is 12.3. The van der Waals surface area contributed by atoms with Crippen LogP contribution in [0.4, 0.5) is 0 Å². The van der Waals surface area contributed by atoms with Crippen molar-refractivity contribution >= 4 is 5.97 Å². The first kappa shape index (κ1) is 12.5. The largest absolute Gasteiger partial charge is 0.477 e. The molecule has 0 saturated carbocycles. The number of esters is 1. The summed E-state index contributed by atoms with van der Waals surface area (Å²) in [5.41, 5.74) is 0.967. The molecular weight excluding hydrogens is 208 g/mol. The molecule has 0 aliphatic carbocycles. The van der Waals surface area contributed by atoms with Gasteiger partial charge in [0.25, 0.3) is 0 Å². The lowest BCUT2D eigenvalue weighted by molar-refractivity contribution is 0.0592. The number of hydrogen-bond acceptors (Lipinski definition) is 4. The molecule has 16 heavy (non-hydrogen) atoms. The Balaban J connectivity index is 2.85. The summed E-state index contributed by atoms with van der Waals surface area (Å²) in [7, 11) is 1.34. The van der Waals surface area contributed by atoms with Gasteiger partial charge in [0.2, 0.25) is 5.88 Å². The molecule has 1 aromatic heterocycles. The van der Waals surface area contributed by atoms with E-state index in [1.807, 2.05) is 20.8 Å². The zero-order valence-corrected chi connectivity index (χ0v) is 10.4. The predicted molar refractivity (Wildman–Crippen MR) is 59.6 cm³/mol. The van der Waals surface area contributed by atoms with Crippen molar-refractivity contribution < 1.29 is 14.3 Å². The summed E-state index contributed by atoms with van der Waals surface area (Å²) in [4.78, 5) is 11.5. The van der Waals surface area contributed by atoms with E-state index in [-0.39, 0.29) is 5.41 Å². The summed E-state index contributed by atoms with van der Waals surface area (Å²) in [6.07, 6.45) is 0. The van der Waals surface area contributed by atoms with Crippen molar-refractivity contribution in [2.75, 3.05) is 13.7 Å². The van der Waals surface area contributed by atoms with E-state index in [0.29, 0.717) is 23.7 Å². The normalized spacial score (nSPS) is 11.3. The van der Waals surface area contributed by atoms with E-state index < -0.39 is 5.97 Å². The number of ether oxygens (including phenoxy) is 2. The molecule has 1 aromatic rings. The molecule has 0 aliphatic heterocycles. The summed E-state index contributed by atoms with van der Waals surface area (Å²) >= 11 is 0. The number of hydrogen-bond donors (Lipinski definition) is 1. The van der Waals surface area contributed by atoms with Crippen molar-refractivity contribution in [1.29, 1.82) is 0 Å². The van der Waals surface area contributed by atoms with Gasteiger partial charge < -0.3 is 9.47 Å². The van der Waals surface area contributed by atoms with Crippen molar-refractivity contribution in [2.24, 2.45) is 5.41 Å².